The number of nitrogens with one attached hydrogen (secondary N) is 1. The second kappa shape index (κ2) is 12.8. The minimum absolute atomic E-state index is 0.0542. The number of carboxylic acid groups (broad SMARTS) is 4. The molecule has 11 heteroatoms. The van der Waals surface area contributed by atoms with Gasteiger partial charge in [-0.3, -0.25) is 29.4 Å². The predicted octanol–water partition coefficient (Wildman–Crippen LogP) is -2.80. The highest BCUT2D eigenvalue weighted by Crippen LogP contribution is 1.86. The molecule has 0 aliphatic rings. The number of carbonyl (C=O) groups is 4. The van der Waals surface area contributed by atoms with Crippen LogP contribution < -0.4 is 5.32 Å². The molecule has 0 bridgehead atoms. The first-order valence-corrected chi connectivity index (χ1v) is 5.60. The van der Waals surface area contributed by atoms with E-state index in [1.54, 1.807) is 0 Å². The Morgan fingerprint density at radius 1 is 0.762 bits per heavy atom. The van der Waals surface area contributed by atoms with Gasteiger partial charge in [0.2, 0.25) is 0 Å². The van der Waals surface area contributed by atoms with Gasteiger partial charge in [0.1, 0.15) is 0 Å². The van der Waals surface area contributed by atoms with E-state index in [2.05, 4.69) is 5.32 Å². The number of aliphatic carboxylic acids is 4. The third kappa shape index (κ3) is 20.2. The van der Waals surface area contributed by atoms with Gasteiger partial charge < -0.3 is 25.5 Å². The predicted molar refractivity (Wildman–Crippen MR) is 66.9 cm³/mol. The van der Waals surface area contributed by atoms with Gasteiger partial charge >= 0.3 is 23.9 Å². The Balaban J connectivity index is 0. The number of rotatable bonds is 10. The van der Waals surface area contributed by atoms with Crippen molar-refractivity contribution in [3.63, 3.8) is 0 Å². The Hall–Kier alpha value is -2.24. The standard InChI is InChI=1S/C6H11NO5.C4H7NO4/c8-2-1-7(3-5(9)10)4-6(11)12;6-3(7)1-5-2-4(8)9/h8H,1-4H2,(H,9,10)(H,11,12);5H,1-2H2,(H,6,7)(H,8,9). The fourth-order valence-electron chi connectivity index (χ4n) is 1.01. The monoisotopic (exact) mass is 310 g/mol. The molecule has 0 aromatic heterocycles. The Bertz CT molecular complexity index is 328. The summed E-state index contributed by atoms with van der Waals surface area (Å²) < 4.78 is 0. The van der Waals surface area contributed by atoms with Crippen molar-refractivity contribution in [3.05, 3.63) is 0 Å². The lowest BCUT2D eigenvalue weighted by Crippen LogP contribution is -2.36. The minimum Gasteiger partial charge on any atom is -0.480 e. The Morgan fingerprint density at radius 2 is 1.14 bits per heavy atom. The van der Waals surface area contributed by atoms with Gasteiger partial charge in [-0.2, -0.15) is 0 Å². The first-order chi connectivity index (χ1) is 9.68. The van der Waals surface area contributed by atoms with Crippen molar-refractivity contribution in [2.75, 3.05) is 39.3 Å². The van der Waals surface area contributed by atoms with E-state index in [0.29, 0.717) is 0 Å². The average molecular weight is 310 g/mol. The van der Waals surface area contributed by atoms with Crippen molar-refractivity contribution in [2.45, 2.75) is 0 Å². The van der Waals surface area contributed by atoms with Crippen molar-refractivity contribution in [1.29, 1.82) is 0 Å². The van der Waals surface area contributed by atoms with E-state index in [0.717, 1.165) is 4.90 Å². The first kappa shape index (κ1) is 21.1. The van der Waals surface area contributed by atoms with Crippen molar-refractivity contribution >= 4 is 23.9 Å². The topological polar surface area (TPSA) is 185 Å². The normalized spacial score (nSPS) is 9.62. The smallest absolute Gasteiger partial charge is 0.317 e. The van der Waals surface area contributed by atoms with E-state index in [4.69, 9.17) is 25.5 Å². The highest BCUT2D eigenvalue weighted by Gasteiger charge is 2.11. The second-order valence-corrected chi connectivity index (χ2v) is 3.61. The van der Waals surface area contributed by atoms with Gasteiger partial charge in [-0.05, 0) is 0 Å². The molecule has 0 saturated heterocycles. The van der Waals surface area contributed by atoms with E-state index < -0.39 is 23.9 Å². The Labute approximate surface area is 119 Å². The molecule has 0 saturated carbocycles. The van der Waals surface area contributed by atoms with Crippen LogP contribution in [0.4, 0.5) is 0 Å². The van der Waals surface area contributed by atoms with Gasteiger partial charge in [0.25, 0.3) is 0 Å². The van der Waals surface area contributed by atoms with Crippen LogP contribution in [0.3, 0.4) is 0 Å². The first-order valence-electron chi connectivity index (χ1n) is 5.60. The zero-order valence-electron chi connectivity index (χ0n) is 11.1. The molecular formula is C10H18N2O9. The van der Waals surface area contributed by atoms with E-state index in [-0.39, 0.29) is 39.3 Å². The molecule has 0 aromatic rings. The van der Waals surface area contributed by atoms with Gasteiger partial charge in [-0.15, -0.1) is 0 Å². The van der Waals surface area contributed by atoms with E-state index >= 15 is 0 Å². The molecule has 0 fully saturated rings. The molecule has 122 valence electrons. The lowest BCUT2D eigenvalue weighted by Gasteiger charge is -2.15. The van der Waals surface area contributed by atoms with Gasteiger partial charge in [0.05, 0.1) is 32.8 Å². The number of aliphatic hydroxyl groups excluding tert-OH is 1. The molecule has 0 aliphatic carbocycles. The molecule has 11 nitrogen and oxygen atoms in total. The summed E-state index contributed by atoms with van der Waals surface area (Å²) in [6.07, 6.45) is 0. The van der Waals surface area contributed by atoms with Gasteiger partial charge in [0, 0.05) is 6.54 Å². The maximum absolute atomic E-state index is 10.1. The lowest BCUT2D eigenvalue weighted by molar-refractivity contribution is -0.142. The fourth-order valence-corrected chi connectivity index (χ4v) is 1.01. The number of hydrogen-bond donors (Lipinski definition) is 6. The molecular weight excluding hydrogens is 292 g/mol. The van der Waals surface area contributed by atoms with Crippen molar-refractivity contribution in [1.82, 2.24) is 10.2 Å². The number of hydrogen-bond acceptors (Lipinski definition) is 7. The quantitative estimate of drug-likeness (QED) is 0.245. The van der Waals surface area contributed by atoms with Gasteiger partial charge in [-0.1, -0.05) is 0 Å². The summed E-state index contributed by atoms with van der Waals surface area (Å²) >= 11 is 0. The maximum atomic E-state index is 10.1. The summed E-state index contributed by atoms with van der Waals surface area (Å²) in [6.45, 7) is -1.56. The summed E-state index contributed by atoms with van der Waals surface area (Å²) in [5.74, 6) is -4.33. The molecule has 0 aliphatic heterocycles. The van der Waals surface area contributed by atoms with E-state index in [9.17, 15) is 19.2 Å². The summed E-state index contributed by atoms with van der Waals surface area (Å²) in [7, 11) is 0. The number of nitrogens with zero attached hydrogens (tertiary/aromatic N) is 1. The van der Waals surface area contributed by atoms with Crippen LogP contribution in [0.5, 0.6) is 0 Å². The molecule has 6 N–H and O–H groups in total. The van der Waals surface area contributed by atoms with Crippen LogP contribution in [0, 0.1) is 0 Å². The largest absolute Gasteiger partial charge is 0.480 e. The molecule has 0 spiro atoms. The highest BCUT2D eigenvalue weighted by molar-refractivity contribution is 5.73. The molecule has 0 atom stereocenters. The molecule has 0 radical (unpaired) electrons. The molecule has 0 amide bonds. The lowest BCUT2D eigenvalue weighted by atomic mass is 10.4. The van der Waals surface area contributed by atoms with Crippen LogP contribution in [0.2, 0.25) is 0 Å². The van der Waals surface area contributed by atoms with E-state index in [1.165, 1.54) is 0 Å². The van der Waals surface area contributed by atoms with Crippen molar-refractivity contribution in [2.24, 2.45) is 0 Å². The Kier molecular flexibility index (Phi) is 12.8. The van der Waals surface area contributed by atoms with Crippen LogP contribution in [0.15, 0.2) is 0 Å². The van der Waals surface area contributed by atoms with Gasteiger partial charge in [0.15, 0.2) is 0 Å². The third-order valence-electron chi connectivity index (χ3n) is 1.69. The van der Waals surface area contributed by atoms with Gasteiger partial charge in [-0.25, -0.2) is 0 Å². The molecule has 0 aromatic carbocycles. The fraction of sp³-hybridized carbons (Fsp3) is 0.600. The molecule has 0 rings (SSSR count). The maximum Gasteiger partial charge on any atom is 0.317 e. The summed E-state index contributed by atoms with van der Waals surface area (Å²) in [6, 6.07) is 0. The van der Waals surface area contributed by atoms with Crippen LogP contribution in [-0.4, -0.2) is 93.6 Å². The van der Waals surface area contributed by atoms with Crippen LogP contribution in [0.25, 0.3) is 0 Å². The zero-order chi connectivity index (χ0) is 16.8. The summed E-state index contributed by atoms with van der Waals surface area (Å²) in [5.41, 5.74) is 0. The zero-order valence-corrected chi connectivity index (χ0v) is 11.1. The molecule has 0 heterocycles. The van der Waals surface area contributed by atoms with Crippen molar-refractivity contribution in [3.8, 4) is 0 Å². The highest BCUT2D eigenvalue weighted by atomic mass is 16.4. The molecule has 0 unspecified atom stereocenters. The minimum atomic E-state index is -1.11. The number of carboxylic acids is 4. The Morgan fingerprint density at radius 3 is 1.38 bits per heavy atom. The number of aliphatic hydroxyl groups is 1. The third-order valence-corrected chi connectivity index (χ3v) is 1.69. The SMILES string of the molecule is O=C(O)CN(CCO)CC(=O)O.O=C(O)CNCC(=O)O. The van der Waals surface area contributed by atoms with Crippen molar-refractivity contribution < 1.29 is 44.7 Å². The summed E-state index contributed by atoms with van der Waals surface area (Å²) in [4.78, 5) is 40.9. The second-order valence-electron chi connectivity index (χ2n) is 3.61. The van der Waals surface area contributed by atoms with Crippen LogP contribution in [-0.2, 0) is 19.2 Å². The average Bonchev–Trinajstić information content (AvgIpc) is 2.27. The van der Waals surface area contributed by atoms with Crippen LogP contribution in [0.1, 0.15) is 0 Å². The van der Waals surface area contributed by atoms with Crippen LogP contribution >= 0.6 is 0 Å². The molecule has 21 heavy (non-hydrogen) atoms. The summed E-state index contributed by atoms with van der Waals surface area (Å²) in [5, 5.41) is 43.2. The van der Waals surface area contributed by atoms with E-state index in [1.807, 2.05) is 0 Å².